The summed E-state index contributed by atoms with van der Waals surface area (Å²) < 4.78 is 28.0. The van der Waals surface area contributed by atoms with Crippen molar-refractivity contribution >= 4 is 67.2 Å². The minimum absolute atomic E-state index is 0.0231. The van der Waals surface area contributed by atoms with E-state index >= 15 is 0 Å². The number of nitrogens with one attached hydrogen (secondary N) is 1. The third-order valence-electron chi connectivity index (χ3n) is 5.18. The van der Waals surface area contributed by atoms with Crippen LogP contribution in [0.4, 0.5) is 5.69 Å². The summed E-state index contributed by atoms with van der Waals surface area (Å²) in [6, 6.07) is 23.8. The molecule has 1 amide bonds. The molecule has 0 unspecified atom stereocenters. The molecule has 0 aliphatic rings. The van der Waals surface area contributed by atoms with Crippen molar-refractivity contribution in [3.8, 4) is 0 Å². The van der Waals surface area contributed by atoms with Crippen LogP contribution in [-0.4, -0.2) is 25.2 Å². The molecule has 0 fully saturated rings. The Bertz CT molecular complexity index is 1450. The van der Waals surface area contributed by atoms with Crippen molar-refractivity contribution in [2.75, 3.05) is 11.9 Å². The molecule has 4 aromatic carbocycles. The lowest BCUT2D eigenvalue weighted by Gasteiger charge is -2.22. The second-order valence-electron chi connectivity index (χ2n) is 7.55. The standard InChI is InChI=1S/C25H19Cl3N2O3S/c26-19-9-11-20(12-10-19)34(32,33)30(15-17-8-13-22(27)23(28)14-17)16-25(31)29-24-7-3-5-18-4-1-2-6-21(18)24/h1-14H,15-16H2,(H,29,31). The van der Waals surface area contributed by atoms with Crippen molar-refractivity contribution in [1.82, 2.24) is 4.31 Å². The quantitative estimate of drug-likeness (QED) is 0.290. The summed E-state index contributed by atoms with van der Waals surface area (Å²) in [5.41, 5.74) is 1.19. The Morgan fingerprint density at radius 3 is 2.26 bits per heavy atom. The summed E-state index contributed by atoms with van der Waals surface area (Å²) >= 11 is 18.0. The molecule has 0 saturated carbocycles. The number of fused-ring (bicyclic) bond motifs is 1. The van der Waals surface area contributed by atoms with Gasteiger partial charge in [-0.15, -0.1) is 0 Å². The van der Waals surface area contributed by atoms with Crippen LogP contribution in [0.1, 0.15) is 5.56 Å². The van der Waals surface area contributed by atoms with Crippen LogP contribution in [0.15, 0.2) is 89.8 Å². The van der Waals surface area contributed by atoms with Gasteiger partial charge in [-0.1, -0.05) is 77.3 Å². The molecule has 0 aliphatic carbocycles. The predicted molar refractivity (Wildman–Crippen MR) is 138 cm³/mol. The van der Waals surface area contributed by atoms with Crippen molar-refractivity contribution in [2.45, 2.75) is 11.4 Å². The Balaban J connectivity index is 1.64. The number of benzene rings is 4. The van der Waals surface area contributed by atoms with Gasteiger partial charge < -0.3 is 5.32 Å². The van der Waals surface area contributed by atoms with Crippen molar-refractivity contribution in [3.63, 3.8) is 0 Å². The molecule has 4 aromatic rings. The largest absolute Gasteiger partial charge is 0.324 e. The van der Waals surface area contributed by atoms with Gasteiger partial charge >= 0.3 is 0 Å². The van der Waals surface area contributed by atoms with E-state index in [1.807, 2.05) is 36.4 Å². The first-order chi connectivity index (χ1) is 16.2. The third-order valence-corrected chi connectivity index (χ3v) is 7.97. The zero-order valence-electron chi connectivity index (χ0n) is 17.7. The van der Waals surface area contributed by atoms with E-state index < -0.39 is 22.5 Å². The Morgan fingerprint density at radius 1 is 0.824 bits per heavy atom. The number of hydrogen-bond acceptors (Lipinski definition) is 3. The van der Waals surface area contributed by atoms with E-state index in [-0.39, 0.29) is 11.4 Å². The molecule has 0 spiro atoms. The van der Waals surface area contributed by atoms with E-state index in [2.05, 4.69) is 5.32 Å². The highest BCUT2D eigenvalue weighted by molar-refractivity contribution is 7.89. The molecule has 174 valence electrons. The first kappa shape index (κ1) is 24.5. The molecule has 0 bridgehead atoms. The number of rotatable bonds is 7. The Hall–Kier alpha value is -2.61. The van der Waals surface area contributed by atoms with E-state index in [0.717, 1.165) is 15.1 Å². The molecule has 0 atom stereocenters. The average Bonchev–Trinajstić information content (AvgIpc) is 2.81. The van der Waals surface area contributed by atoms with Gasteiger partial charge in [-0.2, -0.15) is 4.31 Å². The Kier molecular flexibility index (Phi) is 7.45. The van der Waals surface area contributed by atoms with Gasteiger partial charge in [0.15, 0.2) is 0 Å². The van der Waals surface area contributed by atoms with E-state index in [1.165, 1.54) is 24.3 Å². The number of nitrogens with zero attached hydrogens (tertiary/aromatic N) is 1. The second-order valence-corrected chi connectivity index (χ2v) is 10.7. The first-order valence-electron chi connectivity index (χ1n) is 10.2. The van der Waals surface area contributed by atoms with Gasteiger partial charge in [0.1, 0.15) is 0 Å². The SMILES string of the molecule is O=C(CN(Cc1ccc(Cl)c(Cl)c1)S(=O)(=O)c1ccc(Cl)cc1)Nc1cccc2ccccc12. The first-order valence-corrected chi connectivity index (χ1v) is 12.8. The lowest BCUT2D eigenvalue weighted by molar-refractivity contribution is -0.116. The molecule has 0 saturated heterocycles. The topological polar surface area (TPSA) is 66.5 Å². The average molecular weight is 534 g/mol. The molecule has 0 aliphatic heterocycles. The van der Waals surface area contributed by atoms with E-state index in [0.29, 0.717) is 26.3 Å². The van der Waals surface area contributed by atoms with Crippen LogP contribution in [0, 0.1) is 0 Å². The highest BCUT2D eigenvalue weighted by Crippen LogP contribution is 2.26. The summed E-state index contributed by atoms with van der Waals surface area (Å²) in [5.74, 6) is -0.478. The van der Waals surface area contributed by atoms with Crippen LogP contribution in [0.2, 0.25) is 15.1 Å². The third kappa shape index (κ3) is 5.54. The molecule has 0 radical (unpaired) electrons. The van der Waals surface area contributed by atoms with Crippen LogP contribution in [0.5, 0.6) is 0 Å². The van der Waals surface area contributed by atoms with Crippen molar-refractivity contribution in [1.29, 1.82) is 0 Å². The normalized spacial score (nSPS) is 11.6. The van der Waals surface area contributed by atoms with Gasteiger partial charge in [0.25, 0.3) is 0 Å². The molecule has 0 aromatic heterocycles. The zero-order valence-corrected chi connectivity index (χ0v) is 20.8. The van der Waals surface area contributed by atoms with Gasteiger partial charge in [-0.3, -0.25) is 4.79 Å². The second kappa shape index (κ2) is 10.3. The highest BCUT2D eigenvalue weighted by atomic mass is 35.5. The summed E-state index contributed by atoms with van der Waals surface area (Å²) in [6.07, 6.45) is 0. The number of carbonyl (C=O) groups excluding carboxylic acids is 1. The van der Waals surface area contributed by atoms with Crippen LogP contribution >= 0.6 is 34.8 Å². The number of sulfonamides is 1. The monoisotopic (exact) mass is 532 g/mol. The zero-order chi connectivity index (χ0) is 24.3. The maximum absolute atomic E-state index is 13.4. The minimum Gasteiger partial charge on any atom is -0.324 e. The summed E-state index contributed by atoms with van der Waals surface area (Å²) in [5, 5.41) is 5.71. The maximum Gasteiger partial charge on any atom is 0.243 e. The Labute approximate surface area is 212 Å². The molecular formula is C25H19Cl3N2O3S. The molecule has 9 heteroatoms. The van der Waals surface area contributed by atoms with E-state index in [1.54, 1.807) is 24.3 Å². The van der Waals surface area contributed by atoms with E-state index in [9.17, 15) is 13.2 Å². The summed E-state index contributed by atoms with van der Waals surface area (Å²) in [4.78, 5) is 13.0. The number of hydrogen-bond donors (Lipinski definition) is 1. The lowest BCUT2D eigenvalue weighted by Crippen LogP contribution is -2.37. The van der Waals surface area contributed by atoms with E-state index in [4.69, 9.17) is 34.8 Å². The van der Waals surface area contributed by atoms with Crippen LogP contribution < -0.4 is 5.32 Å². The summed E-state index contributed by atoms with van der Waals surface area (Å²) in [6.45, 7) is -0.487. The van der Waals surface area contributed by atoms with Gasteiger partial charge in [0.05, 0.1) is 21.5 Å². The fraction of sp³-hybridized carbons (Fsp3) is 0.0800. The fourth-order valence-electron chi connectivity index (χ4n) is 3.51. The lowest BCUT2D eigenvalue weighted by atomic mass is 10.1. The fourth-order valence-corrected chi connectivity index (χ4v) is 5.34. The minimum atomic E-state index is -4.03. The van der Waals surface area contributed by atoms with Crippen LogP contribution in [0.25, 0.3) is 10.8 Å². The molecule has 34 heavy (non-hydrogen) atoms. The van der Waals surface area contributed by atoms with Crippen LogP contribution in [0.3, 0.4) is 0 Å². The number of amides is 1. The molecule has 5 nitrogen and oxygen atoms in total. The number of anilines is 1. The van der Waals surface area contributed by atoms with Crippen molar-refractivity contribution in [3.05, 3.63) is 106 Å². The molecule has 1 N–H and O–H groups in total. The van der Waals surface area contributed by atoms with Crippen LogP contribution in [-0.2, 0) is 21.4 Å². The number of halogens is 3. The van der Waals surface area contributed by atoms with Gasteiger partial charge in [0.2, 0.25) is 15.9 Å². The van der Waals surface area contributed by atoms with Crippen molar-refractivity contribution < 1.29 is 13.2 Å². The smallest absolute Gasteiger partial charge is 0.243 e. The Morgan fingerprint density at radius 2 is 1.53 bits per heavy atom. The molecule has 4 rings (SSSR count). The molecule has 0 heterocycles. The van der Waals surface area contributed by atoms with Gasteiger partial charge in [-0.05, 0) is 53.4 Å². The van der Waals surface area contributed by atoms with Gasteiger partial charge in [0, 0.05) is 22.6 Å². The highest BCUT2D eigenvalue weighted by Gasteiger charge is 2.27. The maximum atomic E-state index is 13.4. The summed E-state index contributed by atoms with van der Waals surface area (Å²) in [7, 11) is -4.03. The predicted octanol–water partition coefficient (Wildman–Crippen LogP) is 6.63. The van der Waals surface area contributed by atoms with Crippen molar-refractivity contribution in [2.24, 2.45) is 0 Å². The number of carbonyl (C=O) groups is 1. The van der Waals surface area contributed by atoms with Gasteiger partial charge in [-0.25, -0.2) is 8.42 Å². The molecular weight excluding hydrogens is 515 g/mol.